The molecule has 0 aromatic heterocycles. The highest BCUT2D eigenvalue weighted by atomic mass is 19.4. The highest BCUT2D eigenvalue weighted by Gasteiger charge is 2.39. The molecular weight excluding hydrogens is 443 g/mol. The third-order valence-corrected chi connectivity index (χ3v) is 5.86. The Balaban J connectivity index is 0.000000479. The maximum atomic E-state index is 13.1. The van der Waals surface area contributed by atoms with Gasteiger partial charge >= 0.3 is 18.2 Å². The average molecular weight is 473 g/mol. The topological polar surface area (TPSA) is 108 Å². The summed E-state index contributed by atoms with van der Waals surface area (Å²) in [4.78, 5) is 35.8. The fourth-order valence-electron chi connectivity index (χ4n) is 4.01. The largest absolute Gasteiger partial charge is 0.490 e. The monoisotopic (exact) mass is 473 g/mol. The number of alkyl carbamates (subject to hydrolysis) is 1. The van der Waals surface area contributed by atoms with Crippen molar-refractivity contribution in [3.63, 3.8) is 0 Å². The van der Waals surface area contributed by atoms with Gasteiger partial charge in [-0.05, 0) is 43.7 Å². The zero-order chi connectivity index (χ0) is 24.5. The Hall–Kier alpha value is -2.82. The molecule has 2 heterocycles. The molecule has 2 saturated heterocycles. The highest BCUT2D eigenvalue weighted by Crippen LogP contribution is 2.37. The number of likely N-dealkylation sites (tertiary alicyclic amines) is 1. The van der Waals surface area contributed by atoms with Gasteiger partial charge in [0.2, 0.25) is 5.91 Å². The lowest BCUT2D eigenvalue weighted by Gasteiger charge is -2.40. The first-order valence-corrected chi connectivity index (χ1v) is 10.8. The van der Waals surface area contributed by atoms with Crippen molar-refractivity contribution in [1.29, 1.82) is 0 Å². The molecule has 0 bridgehead atoms. The van der Waals surface area contributed by atoms with Crippen molar-refractivity contribution in [3.05, 3.63) is 35.9 Å². The van der Waals surface area contributed by atoms with E-state index in [1.807, 2.05) is 35.2 Å². The van der Waals surface area contributed by atoms with Gasteiger partial charge in [0.05, 0.1) is 6.61 Å². The summed E-state index contributed by atoms with van der Waals surface area (Å²) in [6.07, 6.45) is -1.88. The molecule has 1 aromatic rings. The van der Waals surface area contributed by atoms with E-state index in [-0.39, 0.29) is 12.5 Å². The number of carboxylic acid groups (broad SMARTS) is 1. The molecule has 0 aliphatic carbocycles. The highest BCUT2D eigenvalue weighted by molar-refractivity contribution is 5.86. The minimum atomic E-state index is -5.08. The van der Waals surface area contributed by atoms with Gasteiger partial charge in [-0.25, -0.2) is 9.59 Å². The van der Waals surface area contributed by atoms with E-state index < -0.39 is 24.3 Å². The van der Waals surface area contributed by atoms with Crippen molar-refractivity contribution in [2.75, 3.05) is 32.8 Å². The zero-order valence-electron chi connectivity index (χ0n) is 18.5. The van der Waals surface area contributed by atoms with Crippen LogP contribution in [0.4, 0.5) is 18.0 Å². The maximum Gasteiger partial charge on any atom is 0.490 e. The second-order valence-electron chi connectivity index (χ2n) is 8.16. The molecule has 1 spiro atoms. The normalized spacial score (nSPS) is 18.1. The molecule has 2 aliphatic heterocycles. The fraction of sp³-hybridized carbons (Fsp3) is 0.591. The van der Waals surface area contributed by atoms with Crippen molar-refractivity contribution >= 4 is 18.0 Å². The number of benzene rings is 1. The molecule has 1 atom stereocenters. The third kappa shape index (κ3) is 8.23. The van der Waals surface area contributed by atoms with Crippen molar-refractivity contribution in [2.45, 2.75) is 44.8 Å². The molecule has 0 unspecified atom stereocenters. The van der Waals surface area contributed by atoms with Gasteiger partial charge in [-0.2, -0.15) is 13.2 Å². The van der Waals surface area contributed by atoms with E-state index >= 15 is 0 Å². The summed E-state index contributed by atoms with van der Waals surface area (Å²) in [5, 5.41) is 13.3. The Morgan fingerprint density at radius 1 is 1.18 bits per heavy atom. The minimum absolute atomic E-state index is 0.0114. The number of carbonyl (C=O) groups excluding carboxylic acids is 2. The SMILES string of the molecule is CCOC(=O)N[C@H](Cc1ccccc1)C(=O)N1CCC2(CCNC2)CC1.O=C(O)C(F)(F)F. The van der Waals surface area contributed by atoms with Crippen LogP contribution in [0.3, 0.4) is 0 Å². The average Bonchev–Trinajstić information content (AvgIpc) is 3.22. The molecule has 8 nitrogen and oxygen atoms in total. The smallest absolute Gasteiger partial charge is 0.475 e. The van der Waals surface area contributed by atoms with Crippen LogP contribution in [0.15, 0.2) is 30.3 Å². The molecule has 3 N–H and O–H groups in total. The van der Waals surface area contributed by atoms with Gasteiger partial charge in [-0.15, -0.1) is 0 Å². The molecule has 2 fully saturated rings. The number of hydrogen-bond acceptors (Lipinski definition) is 5. The molecule has 1 aromatic carbocycles. The zero-order valence-corrected chi connectivity index (χ0v) is 18.5. The number of halogens is 3. The first-order valence-electron chi connectivity index (χ1n) is 10.8. The lowest BCUT2D eigenvalue weighted by Crippen LogP contribution is -2.53. The number of nitrogens with zero attached hydrogens (tertiary/aromatic N) is 1. The molecule has 0 radical (unpaired) electrons. The first-order chi connectivity index (χ1) is 15.6. The minimum Gasteiger partial charge on any atom is -0.475 e. The number of nitrogens with one attached hydrogen (secondary N) is 2. The predicted octanol–water partition coefficient (Wildman–Crippen LogP) is 2.58. The molecule has 2 amide bonds. The first kappa shape index (κ1) is 26.4. The number of carboxylic acids is 1. The van der Waals surface area contributed by atoms with Gasteiger partial charge in [0.25, 0.3) is 0 Å². The van der Waals surface area contributed by atoms with Crippen LogP contribution in [0.25, 0.3) is 0 Å². The van der Waals surface area contributed by atoms with Crippen molar-refractivity contribution in [2.24, 2.45) is 5.41 Å². The van der Waals surface area contributed by atoms with Crippen molar-refractivity contribution in [3.8, 4) is 0 Å². The molecule has 2 aliphatic rings. The molecular formula is C22H30F3N3O5. The summed E-state index contributed by atoms with van der Waals surface area (Å²) in [6, 6.07) is 9.19. The number of alkyl halides is 3. The number of ether oxygens (including phenoxy) is 1. The Morgan fingerprint density at radius 2 is 1.79 bits per heavy atom. The van der Waals surface area contributed by atoms with Crippen molar-refractivity contribution < 1.29 is 37.4 Å². The summed E-state index contributed by atoms with van der Waals surface area (Å²) in [5.41, 5.74) is 1.39. The summed E-state index contributed by atoms with van der Waals surface area (Å²) in [6.45, 7) is 5.70. The van der Waals surface area contributed by atoms with Crippen LogP contribution in [0.5, 0.6) is 0 Å². The van der Waals surface area contributed by atoms with Crippen LogP contribution in [-0.4, -0.2) is 73.0 Å². The van der Waals surface area contributed by atoms with E-state index in [2.05, 4.69) is 10.6 Å². The van der Waals surface area contributed by atoms with Gasteiger partial charge in [0, 0.05) is 26.1 Å². The van der Waals surface area contributed by atoms with E-state index in [1.54, 1.807) is 6.92 Å². The summed E-state index contributed by atoms with van der Waals surface area (Å²) >= 11 is 0. The number of aliphatic carboxylic acids is 1. The summed E-state index contributed by atoms with van der Waals surface area (Å²) in [7, 11) is 0. The van der Waals surface area contributed by atoms with Crippen molar-refractivity contribution in [1.82, 2.24) is 15.5 Å². The van der Waals surface area contributed by atoms with E-state index in [0.29, 0.717) is 11.8 Å². The van der Waals surface area contributed by atoms with Crippen LogP contribution in [0, 0.1) is 5.41 Å². The standard InChI is InChI=1S/C20H29N3O3.C2HF3O2/c1-2-26-19(25)22-17(14-16-6-4-3-5-7-16)18(24)23-12-9-20(10-13-23)8-11-21-15-20;3-2(4,5)1(6)7/h3-7,17,21H,2,8-15H2,1H3,(H,22,25);(H,6,7)/t17-;/m1./s1. The third-order valence-electron chi connectivity index (χ3n) is 5.86. The van der Waals surface area contributed by atoms with Crippen LogP contribution in [0.2, 0.25) is 0 Å². The van der Waals surface area contributed by atoms with E-state index in [0.717, 1.165) is 44.6 Å². The molecule has 3 rings (SSSR count). The summed E-state index contributed by atoms with van der Waals surface area (Å²) in [5.74, 6) is -2.77. The van der Waals surface area contributed by atoms with E-state index in [9.17, 15) is 22.8 Å². The molecule has 0 saturated carbocycles. The summed E-state index contributed by atoms with van der Waals surface area (Å²) < 4.78 is 36.7. The number of carbonyl (C=O) groups is 3. The van der Waals surface area contributed by atoms with Gasteiger partial charge in [0.1, 0.15) is 6.04 Å². The second-order valence-corrected chi connectivity index (χ2v) is 8.16. The Morgan fingerprint density at radius 3 is 2.27 bits per heavy atom. The number of rotatable bonds is 5. The Labute approximate surface area is 190 Å². The molecule has 184 valence electrons. The Bertz CT molecular complexity index is 788. The quantitative estimate of drug-likeness (QED) is 0.607. The van der Waals surface area contributed by atoms with Crippen LogP contribution in [0.1, 0.15) is 31.7 Å². The Kier molecular flexibility index (Phi) is 9.51. The maximum absolute atomic E-state index is 13.1. The lowest BCUT2D eigenvalue weighted by molar-refractivity contribution is -0.192. The predicted molar refractivity (Wildman–Crippen MR) is 114 cm³/mol. The van der Waals surface area contributed by atoms with Gasteiger partial charge in [-0.1, -0.05) is 30.3 Å². The van der Waals surface area contributed by atoms with Gasteiger partial charge in [-0.3, -0.25) is 4.79 Å². The van der Waals surface area contributed by atoms with Crippen LogP contribution in [-0.2, 0) is 20.7 Å². The van der Waals surface area contributed by atoms with Crippen LogP contribution < -0.4 is 10.6 Å². The van der Waals surface area contributed by atoms with Crippen LogP contribution >= 0.6 is 0 Å². The lowest BCUT2D eigenvalue weighted by atomic mass is 9.77. The number of hydrogen-bond donors (Lipinski definition) is 3. The van der Waals surface area contributed by atoms with E-state index in [4.69, 9.17) is 14.6 Å². The van der Waals surface area contributed by atoms with E-state index in [1.165, 1.54) is 6.42 Å². The molecule has 33 heavy (non-hydrogen) atoms. The van der Waals surface area contributed by atoms with Gasteiger partial charge in [0.15, 0.2) is 0 Å². The molecule has 11 heteroatoms. The number of piperidine rings is 1. The fourth-order valence-corrected chi connectivity index (χ4v) is 4.01. The van der Waals surface area contributed by atoms with Gasteiger partial charge < -0.3 is 25.4 Å². The number of amides is 2. The second kappa shape index (κ2) is 11.9.